The number of fused-ring (bicyclic) bond motifs is 1. The zero-order chi connectivity index (χ0) is 23.2. The number of aryl methyl sites for hydroxylation is 1. The summed E-state index contributed by atoms with van der Waals surface area (Å²) in [5.74, 6) is 0.456. The average Bonchev–Trinajstić information content (AvgIpc) is 3.54. The number of nitrogens with zero attached hydrogens (tertiary/aromatic N) is 6. The highest BCUT2D eigenvalue weighted by atomic mass is 32.2. The van der Waals surface area contributed by atoms with E-state index in [9.17, 15) is 23.3 Å². The summed E-state index contributed by atoms with van der Waals surface area (Å²) in [6, 6.07) is 6.60. The number of rotatable bonds is 7. The molecule has 1 fully saturated rings. The molecule has 0 atom stereocenters. The van der Waals surface area contributed by atoms with Gasteiger partial charge < -0.3 is 4.57 Å². The minimum Gasteiger partial charge on any atom is -0.326 e. The Hall–Kier alpha value is -3.23. The Labute approximate surface area is 185 Å². The third kappa shape index (κ3) is 3.65. The molecule has 2 aromatic heterocycles. The molecule has 0 spiro atoms. The van der Waals surface area contributed by atoms with Gasteiger partial charge in [0.2, 0.25) is 10.0 Å². The molecule has 1 aliphatic rings. The first-order chi connectivity index (χ1) is 15.2. The number of nitriles is 1. The van der Waals surface area contributed by atoms with Crippen molar-refractivity contribution in [3.8, 4) is 6.07 Å². The smallest absolute Gasteiger partial charge is 0.326 e. The molecule has 1 saturated carbocycles. The van der Waals surface area contributed by atoms with Crippen molar-refractivity contribution in [2.45, 2.75) is 50.2 Å². The van der Waals surface area contributed by atoms with Gasteiger partial charge >= 0.3 is 5.69 Å². The third-order valence-corrected chi connectivity index (χ3v) is 7.39. The van der Waals surface area contributed by atoms with E-state index in [2.05, 4.69) is 4.98 Å². The van der Waals surface area contributed by atoms with Crippen molar-refractivity contribution in [2.24, 2.45) is 0 Å². The lowest BCUT2D eigenvalue weighted by Gasteiger charge is -2.12. The molecule has 0 radical (unpaired) electrons. The predicted octanol–water partition coefficient (Wildman–Crippen LogP) is 1.27. The molecule has 10 nitrogen and oxygen atoms in total. The highest BCUT2D eigenvalue weighted by molar-refractivity contribution is 7.89. The van der Waals surface area contributed by atoms with Crippen LogP contribution in [0.1, 0.15) is 43.6 Å². The maximum absolute atomic E-state index is 13.0. The van der Waals surface area contributed by atoms with E-state index in [0.717, 1.165) is 28.1 Å². The molecule has 2 heterocycles. The Balaban J connectivity index is 1.88. The van der Waals surface area contributed by atoms with Crippen LogP contribution in [0.4, 0.5) is 0 Å². The number of benzene rings is 1. The van der Waals surface area contributed by atoms with Gasteiger partial charge in [0.15, 0.2) is 0 Å². The fourth-order valence-corrected chi connectivity index (χ4v) is 4.64. The Morgan fingerprint density at radius 1 is 1.22 bits per heavy atom. The van der Waals surface area contributed by atoms with Crippen LogP contribution >= 0.6 is 0 Å². The van der Waals surface area contributed by atoms with E-state index >= 15 is 0 Å². The van der Waals surface area contributed by atoms with E-state index in [1.165, 1.54) is 37.0 Å². The molecule has 0 unspecified atom stereocenters. The summed E-state index contributed by atoms with van der Waals surface area (Å²) >= 11 is 0. The summed E-state index contributed by atoms with van der Waals surface area (Å²) in [6.07, 6.45) is 3.78. The fraction of sp³-hybridized carbons (Fsp3) is 0.429. The van der Waals surface area contributed by atoms with Crippen LogP contribution in [-0.4, -0.2) is 45.5 Å². The van der Waals surface area contributed by atoms with Gasteiger partial charge in [0.25, 0.3) is 5.56 Å². The lowest BCUT2D eigenvalue weighted by molar-refractivity contribution is 0.521. The SMILES string of the molecule is CCCn1c(Cn2c(=O)c(C#N)cn(C3CC3)c2=O)nc2cc(S(=O)(=O)N(C)C)ccc21. The first-order valence-electron chi connectivity index (χ1n) is 10.4. The van der Waals surface area contributed by atoms with Crippen molar-refractivity contribution in [2.75, 3.05) is 14.1 Å². The topological polar surface area (TPSA) is 123 Å². The highest BCUT2D eigenvalue weighted by Gasteiger charge is 2.27. The molecule has 32 heavy (non-hydrogen) atoms. The van der Waals surface area contributed by atoms with Gasteiger partial charge in [0, 0.05) is 32.9 Å². The van der Waals surface area contributed by atoms with E-state index in [1.807, 2.05) is 17.6 Å². The zero-order valence-corrected chi connectivity index (χ0v) is 19.0. The number of hydrogen-bond donors (Lipinski definition) is 0. The van der Waals surface area contributed by atoms with E-state index in [4.69, 9.17) is 0 Å². The third-order valence-electron chi connectivity index (χ3n) is 5.58. The lowest BCUT2D eigenvalue weighted by Crippen LogP contribution is -2.41. The second-order valence-electron chi connectivity index (χ2n) is 8.08. The van der Waals surface area contributed by atoms with Crippen LogP contribution < -0.4 is 11.2 Å². The Bertz CT molecular complexity index is 1470. The molecular weight excluding hydrogens is 432 g/mol. The van der Waals surface area contributed by atoms with Gasteiger partial charge in [-0.25, -0.2) is 22.5 Å². The number of hydrogen-bond acceptors (Lipinski definition) is 6. The van der Waals surface area contributed by atoms with E-state index < -0.39 is 21.3 Å². The standard InChI is InChI=1S/C21H24N6O4S/c1-4-9-25-18-8-7-16(32(30,31)24(2)3)10-17(18)23-19(25)13-27-20(28)14(11-22)12-26(21(27)29)15-5-6-15/h7-8,10,12,15H,4-6,9,13H2,1-3H3. The monoisotopic (exact) mass is 456 g/mol. The molecular formula is C21H24N6O4S. The van der Waals surface area contributed by atoms with Gasteiger partial charge in [-0.05, 0) is 37.5 Å². The summed E-state index contributed by atoms with van der Waals surface area (Å²) in [4.78, 5) is 30.4. The molecule has 0 amide bonds. The molecule has 1 aliphatic carbocycles. The van der Waals surface area contributed by atoms with Crippen LogP contribution in [0.15, 0.2) is 38.9 Å². The van der Waals surface area contributed by atoms with Gasteiger partial charge in [-0.2, -0.15) is 5.26 Å². The average molecular weight is 457 g/mol. The molecule has 0 N–H and O–H groups in total. The maximum atomic E-state index is 13.0. The maximum Gasteiger partial charge on any atom is 0.331 e. The Morgan fingerprint density at radius 2 is 1.94 bits per heavy atom. The normalized spacial score (nSPS) is 14.2. The molecule has 1 aromatic carbocycles. The van der Waals surface area contributed by atoms with E-state index in [-0.39, 0.29) is 23.0 Å². The van der Waals surface area contributed by atoms with Crippen molar-refractivity contribution in [3.05, 3.63) is 56.6 Å². The summed E-state index contributed by atoms with van der Waals surface area (Å²) in [7, 11) is -0.717. The van der Waals surface area contributed by atoms with Gasteiger partial charge in [-0.15, -0.1) is 0 Å². The van der Waals surface area contributed by atoms with Crippen LogP contribution in [0, 0.1) is 11.3 Å². The summed E-state index contributed by atoms with van der Waals surface area (Å²) < 4.78 is 30.6. The van der Waals surface area contributed by atoms with Crippen molar-refractivity contribution in [1.82, 2.24) is 23.0 Å². The molecule has 4 rings (SSSR count). The first kappa shape index (κ1) is 22.0. The van der Waals surface area contributed by atoms with Crippen LogP contribution in [-0.2, 0) is 23.1 Å². The number of sulfonamides is 1. The second kappa shape index (κ2) is 8.03. The minimum absolute atomic E-state index is 0.00899. The number of aromatic nitrogens is 4. The van der Waals surface area contributed by atoms with Crippen LogP contribution in [0.5, 0.6) is 0 Å². The largest absolute Gasteiger partial charge is 0.331 e. The van der Waals surface area contributed by atoms with Crippen LogP contribution in [0.3, 0.4) is 0 Å². The summed E-state index contributed by atoms with van der Waals surface area (Å²) in [6.45, 7) is 2.46. The van der Waals surface area contributed by atoms with Gasteiger partial charge in [0.05, 0.1) is 22.5 Å². The molecule has 3 aromatic rings. The van der Waals surface area contributed by atoms with Gasteiger partial charge in [0.1, 0.15) is 17.5 Å². The fourth-order valence-electron chi connectivity index (χ4n) is 3.72. The quantitative estimate of drug-likeness (QED) is 0.528. The van der Waals surface area contributed by atoms with E-state index in [0.29, 0.717) is 23.4 Å². The molecule has 0 aliphatic heterocycles. The van der Waals surface area contributed by atoms with Crippen LogP contribution in [0.2, 0.25) is 0 Å². The summed E-state index contributed by atoms with van der Waals surface area (Å²) in [5, 5.41) is 9.37. The highest BCUT2D eigenvalue weighted by Crippen LogP contribution is 2.33. The Kier molecular flexibility index (Phi) is 5.52. The molecule has 168 valence electrons. The van der Waals surface area contributed by atoms with Crippen molar-refractivity contribution in [1.29, 1.82) is 5.26 Å². The lowest BCUT2D eigenvalue weighted by atomic mass is 10.3. The zero-order valence-electron chi connectivity index (χ0n) is 18.1. The van der Waals surface area contributed by atoms with Gasteiger partial charge in [-0.1, -0.05) is 6.92 Å². The molecule has 0 bridgehead atoms. The first-order valence-corrected chi connectivity index (χ1v) is 11.8. The van der Waals surface area contributed by atoms with Crippen LogP contribution in [0.25, 0.3) is 11.0 Å². The van der Waals surface area contributed by atoms with Crippen molar-refractivity contribution >= 4 is 21.1 Å². The number of imidazole rings is 1. The molecule has 0 saturated heterocycles. The van der Waals surface area contributed by atoms with Crippen molar-refractivity contribution < 1.29 is 8.42 Å². The second-order valence-corrected chi connectivity index (χ2v) is 10.2. The predicted molar refractivity (Wildman–Crippen MR) is 118 cm³/mol. The van der Waals surface area contributed by atoms with Gasteiger partial charge in [-0.3, -0.25) is 13.9 Å². The Morgan fingerprint density at radius 3 is 2.53 bits per heavy atom. The minimum atomic E-state index is -3.63. The van der Waals surface area contributed by atoms with E-state index in [1.54, 1.807) is 6.07 Å². The molecule has 11 heteroatoms. The summed E-state index contributed by atoms with van der Waals surface area (Å²) in [5.41, 5.74) is -0.0354. The van der Waals surface area contributed by atoms with Crippen molar-refractivity contribution in [3.63, 3.8) is 0 Å².